The molecule has 106 valence electrons. The molecule has 0 bridgehead atoms. The van der Waals surface area contributed by atoms with Crippen molar-refractivity contribution in [2.45, 2.75) is 33.2 Å². The zero-order chi connectivity index (χ0) is 13.5. The van der Waals surface area contributed by atoms with Crippen LogP contribution in [0.1, 0.15) is 26.7 Å². The smallest absolute Gasteiger partial charge is 0.193 e. The van der Waals surface area contributed by atoms with E-state index in [1.807, 2.05) is 12.5 Å². The van der Waals surface area contributed by atoms with Crippen LogP contribution in [-0.2, 0) is 6.54 Å². The summed E-state index contributed by atoms with van der Waals surface area (Å²) in [6.07, 6.45) is 8.23. The van der Waals surface area contributed by atoms with Gasteiger partial charge in [0.1, 0.15) is 0 Å². The molecule has 0 spiro atoms. The molecule has 1 unspecified atom stereocenters. The van der Waals surface area contributed by atoms with E-state index in [0.29, 0.717) is 0 Å². The second kappa shape index (κ2) is 7.16. The number of guanidine groups is 1. The van der Waals surface area contributed by atoms with E-state index in [4.69, 9.17) is 4.99 Å². The second-order valence-electron chi connectivity index (χ2n) is 5.23. The highest BCUT2D eigenvalue weighted by Gasteiger charge is 2.18. The lowest BCUT2D eigenvalue weighted by atomic mass is 10.0. The van der Waals surface area contributed by atoms with Crippen LogP contribution in [0.25, 0.3) is 0 Å². The number of nitrogens with one attached hydrogen (secondary N) is 1. The summed E-state index contributed by atoms with van der Waals surface area (Å²) in [6, 6.07) is 0. The van der Waals surface area contributed by atoms with Crippen LogP contribution in [0, 0.1) is 5.92 Å². The normalized spacial score (nSPS) is 20.6. The fourth-order valence-corrected chi connectivity index (χ4v) is 2.50. The van der Waals surface area contributed by atoms with E-state index in [0.717, 1.165) is 44.6 Å². The van der Waals surface area contributed by atoms with Gasteiger partial charge in [0.25, 0.3) is 0 Å². The molecule has 1 atom stereocenters. The van der Waals surface area contributed by atoms with Gasteiger partial charge in [-0.2, -0.15) is 0 Å². The highest BCUT2D eigenvalue weighted by molar-refractivity contribution is 5.80. The summed E-state index contributed by atoms with van der Waals surface area (Å²) in [5, 5.41) is 3.40. The van der Waals surface area contributed by atoms with Gasteiger partial charge >= 0.3 is 0 Å². The maximum absolute atomic E-state index is 4.73. The SMILES string of the molecule is CCNC(=NCCn1ccnc1)N1CCCC(C)C1. The highest BCUT2D eigenvalue weighted by Crippen LogP contribution is 2.15. The van der Waals surface area contributed by atoms with E-state index in [1.54, 1.807) is 6.20 Å². The minimum atomic E-state index is 0.770. The number of aromatic nitrogens is 2. The molecule has 0 aliphatic carbocycles. The number of hydrogen-bond donors (Lipinski definition) is 1. The molecule has 5 heteroatoms. The maximum Gasteiger partial charge on any atom is 0.193 e. The molecule has 1 aromatic rings. The average molecular weight is 263 g/mol. The molecule has 1 fully saturated rings. The fourth-order valence-electron chi connectivity index (χ4n) is 2.50. The monoisotopic (exact) mass is 263 g/mol. The van der Waals surface area contributed by atoms with Gasteiger partial charge in [-0.15, -0.1) is 0 Å². The number of nitrogens with zero attached hydrogens (tertiary/aromatic N) is 4. The third-order valence-corrected chi connectivity index (χ3v) is 3.47. The van der Waals surface area contributed by atoms with Crippen molar-refractivity contribution in [2.24, 2.45) is 10.9 Å². The minimum absolute atomic E-state index is 0.770. The average Bonchev–Trinajstić information content (AvgIpc) is 2.91. The number of aliphatic imine (C=N–C) groups is 1. The first-order chi connectivity index (χ1) is 9.29. The Bertz CT molecular complexity index is 385. The van der Waals surface area contributed by atoms with Gasteiger partial charge in [0.15, 0.2) is 5.96 Å². The van der Waals surface area contributed by atoms with Gasteiger partial charge in [-0.1, -0.05) is 6.92 Å². The second-order valence-corrected chi connectivity index (χ2v) is 5.23. The number of likely N-dealkylation sites (tertiary alicyclic amines) is 1. The van der Waals surface area contributed by atoms with Crippen LogP contribution in [0.15, 0.2) is 23.7 Å². The van der Waals surface area contributed by atoms with Crippen LogP contribution in [0.5, 0.6) is 0 Å². The zero-order valence-corrected chi connectivity index (χ0v) is 12.0. The molecule has 19 heavy (non-hydrogen) atoms. The Morgan fingerprint density at radius 2 is 2.42 bits per heavy atom. The van der Waals surface area contributed by atoms with Crippen LogP contribution < -0.4 is 5.32 Å². The van der Waals surface area contributed by atoms with Crippen molar-refractivity contribution in [1.82, 2.24) is 19.8 Å². The molecule has 0 saturated carbocycles. The van der Waals surface area contributed by atoms with E-state index < -0.39 is 0 Å². The Balaban J connectivity index is 1.90. The van der Waals surface area contributed by atoms with Gasteiger partial charge in [0, 0.05) is 38.6 Å². The highest BCUT2D eigenvalue weighted by atomic mass is 15.3. The maximum atomic E-state index is 4.73. The quantitative estimate of drug-likeness (QED) is 0.662. The fraction of sp³-hybridized carbons (Fsp3) is 0.714. The van der Waals surface area contributed by atoms with E-state index in [1.165, 1.54) is 12.8 Å². The van der Waals surface area contributed by atoms with Gasteiger partial charge in [-0.25, -0.2) is 4.98 Å². The van der Waals surface area contributed by atoms with Gasteiger partial charge in [-0.3, -0.25) is 4.99 Å². The summed E-state index contributed by atoms with van der Waals surface area (Å²) in [5.41, 5.74) is 0. The Morgan fingerprint density at radius 1 is 1.53 bits per heavy atom. The third-order valence-electron chi connectivity index (χ3n) is 3.47. The molecule has 2 heterocycles. The topological polar surface area (TPSA) is 45.5 Å². The Labute approximate surface area is 115 Å². The molecule has 1 aliphatic heterocycles. The summed E-state index contributed by atoms with van der Waals surface area (Å²) < 4.78 is 2.06. The third kappa shape index (κ3) is 4.26. The first-order valence-electron chi connectivity index (χ1n) is 7.28. The summed E-state index contributed by atoms with van der Waals surface area (Å²) in [7, 11) is 0. The molecule has 2 rings (SSSR count). The Morgan fingerprint density at radius 3 is 3.11 bits per heavy atom. The lowest BCUT2D eigenvalue weighted by Gasteiger charge is -2.33. The van der Waals surface area contributed by atoms with Gasteiger partial charge in [0.2, 0.25) is 0 Å². The first-order valence-corrected chi connectivity index (χ1v) is 7.28. The molecule has 0 aromatic carbocycles. The molecule has 1 N–H and O–H groups in total. The predicted molar refractivity (Wildman–Crippen MR) is 78.2 cm³/mol. The molecule has 1 aliphatic rings. The summed E-state index contributed by atoms with van der Waals surface area (Å²) in [4.78, 5) is 11.2. The van der Waals surface area contributed by atoms with E-state index in [-0.39, 0.29) is 0 Å². The summed E-state index contributed by atoms with van der Waals surface area (Å²) in [6.45, 7) is 9.30. The lowest BCUT2D eigenvalue weighted by molar-refractivity contribution is 0.266. The van der Waals surface area contributed by atoms with Crippen LogP contribution in [0.2, 0.25) is 0 Å². The largest absolute Gasteiger partial charge is 0.357 e. The van der Waals surface area contributed by atoms with Gasteiger partial charge in [0.05, 0.1) is 12.9 Å². The standard InChI is InChI=1S/C14H25N5/c1-3-16-14(19-8-4-5-13(2)11-19)17-7-10-18-9-6-15-12-18/h6,9,12-13H,3-5,7-8,10-11H2,1-2H3,(H,16,17). The van der Waals surface area contributed by atoms with E-state index in [2.05, 4.69) is 33.6 Å². The molecule has 1 saturated heterocycles. The van der Waals surface area contributed by atoms with Crippen molar-refractivity contribution < 1.29 is 0 Å². The van der Waals surface area contributed by atoms with Crippen molar-refractivity contribution >= 4 is 5.96 Å². The number of imidazole rings is 1. The van der Waals surface area contributed by atoms with Crippen LogP contribution >= 0.6 is 0 Å². The predicted octanol–water partition coefficient (Wildman–Crippen LogP) is 1.58. The number of rotatable bonds is 4. The van der Waals surface area contributed by atoms with Crippen LogP contribution in [0.3, 0.4) is 0 Å². The molecular weight excluding hydrogens is 238 g/mol. The Hall–Kier alpha value is -1.52. The van der Waals surface area contributed by atoms with Crippen LogP contribution in [-0.4, -0.2) is 46.6 Å². The number of hydrogen-bond acceptors (Lipinski definition) is 2. The number of piperidine rings is 1. The first kappa shape index (κ1) is 13.9. The Kier molecular flexibility index (Phi) is 5.24. The van der Waals surface area contributed by atoms with Gasteiger partial charge < -0.3 is 14.8 Å². The van der Waals surface area contributed by atoms with Crippen LogP contribution in [0.4, 0.5) is 0 Å². The minimum Gasteiger partial charge on any atom is -0.357 e. The summed E-state index contributed by atoms with van der Waals surface area (Å²) >= 11 is 0. The summed E-state index contributed by atoms with van der Waals surface area (Å²) in [5.74, 6) is 1.83. The van der Waals surface area contributed by atoms with Crippen molar-refractivity contribution in [3.63, 3.8) is 0 Å². The molecule has 0 radical (unpaired) electrons. The van der Waals surface area contributed by atoms with Crippen molar-refractivity contribution in [2.75, 3.05) is 26.2 Å². The van der Waals surface area contributed by atoms with E-state index >= 15 is 0 Å². The molecule has 5 nitrogen and oxygen atoms in total. The lowest BCUT2D eigenvalue weighted by Crippen LogP contribution is -2.46. The van der Waals surface area contributed by atoms with Crippen molar-refractivity contribution in [3.05, 3.63) is 18.7 Å². The zero-order valence-electron chi connectivity index (χ0n) is 12.0. The van der Waals surface area contributed by atoms with E-state index in [9.17, 15) is 0 Å². The molecule has 1 aromatic heterocycles. The van der Waals surface area contributed by atoms with Crippen molar-refractivity contribution in [3.8, 4) is 0 Å². The molecule has 0 amide bonds. The molecular formula is C14H25N5. The van der Waals surface area contributed by atoms with Gasteiger partial charge in [-0.05, 0) is 25.7 Å². The van der Waals surface area contributed by atoms with Crippen molar-refractivity contribution in [1.29, 1.82) is 0 Å².